The lowest BCUT2D eigenvalue weighted by atomic mass is 10.1. The lowest BCUT2D eigenvalue weighted by Gasteiger charge is -2.26. The Morgan fingerprint density at radius 2 is 1.84 bits per heavy atom. The average Bonchev–Trinajstić information content (AvgIpc) is 2.93. The fourth-order valence-electron chi connectivity index (χ4n) is 1.66. The first-order chi connectivity index (χ1) is 8.50. The molecule has 1 atom stereocenters. The SMILES string of the molecule is CC(C)[C@H](NS(=O)(=O)CC1CC1)C(=O)OC(C)(C)C. The standard InChI is InChI=1S/C13H25NO4S/c1-9(2)11(12(15)18-13(3,4)5)14-19(16,17)8-10-6-7-10/h9-11,14H,6-8H2,1-5H3/t11-/m0/s1. The molecule has 1 saturated carbocycles. The Hall–Kier alpha value is -0.620. The summed E-state index contributed by atoms with van der Waals surface area (Å²) in [5.74, 6) is -0.298. The van der Waals surface area contributed by atoms with E-state index in [-0.39, 0.29) is 17.6 Å². The molecule has 0 aromatic rings. The molecular weight excluding hydrogens is 266 g/mol. The second-order valence-electron chi connectivity index (χ2n) is 6.60. The number of carbonyl (C=O) groups is 1. The topological polar surface area (TPSA) is 72.5 Å². The van der Waals surface area contributed by atoms with Crippen molar-refractivity contribution in [1.29, 1.82) is 0 Å². The molecule has 1 aliphatic carbocycles. The van der Waals surface area contributed by atoms with Crippen molar-refractivity contribution in [3.8, 4) is 0 Å². The molecule has 0 amide bonds. The van der Waals surface area contributed by atoms with Crippen LogP contribution >= 0.6 is 0 Å². The molecule has 112 valence electrons. The summed E-state index contributed by atoms with van der Waals surface area (Å²) in [6, 6.07) is -0.817. The van der Waals surface area contributed by atoms with E-state index in [1.807, 2.05) is 0 Å². The molecule has 5 nitrogen and oxygen atoms in total. The fraction of sp³-hybridized carbons (Fsp3) is 0.923. The Morgan fingerprint density at radius 3 is 2.21 bits per heavy atom. The van der Waals surface area contributed by atoms with Crippen molar-refractivity contribution >= 4 is 16.0 Å². The van der Waals surface area contributed by atoms with Crippen LogP contribution in [0.2, 0.25) is 0 Å². The Balaban J connectivity index is 2.69. The molecule has 1 N–H and O–H groups in total. The van der Waals surface area contributed by atoms with E-state index in [2.05, 4.69) is 4.72 Å². The van der Waals surface area contributed by atoms with Crippen LogP contribution in [-0.4, -0.2) is 31.8 Å². The van der Waals surface area contributed by atoms with Crippen LogP contribution in [0.4, 0.5) is 0 Å². The summed E-state index contributed by atoms with van der Waals surface area (Å²) in [5, 5.41) is 0. The minimum absolute atomic E-state index is 0.110. The maximum Gasteiger partial charge on any atom is 0.324 e. The van der Waals surface area contributed by atoms with Crippen LogP contribution < -0.4 is 4.72 Å². The van der Waals surface area contributed by atoms with Gasteiger partial charge in [0, 0.05) is 0 Å². The Bertz CT molecular complexity index is 418. The average molecular weight is 291 g/mol. The van der Waals surface area contributed by atoms with E-state index in [0.717, 1.165) is 12.8 Å². The zero-order valence-corrected chi connectivity index (χ0v) is 13.2. The van der Waals surface area contributed by atoms with E-state index >= 15 is 0 Å². The number of hydrogen-bond acceptors (Lipinski definition) is 4. The van der Waals surface area contributed by atoms with Gasteiger partial charge in [0.15, 0.2) is 0 Å². The molecule has 19 heavy (non-hydrogen) atoms. The molecule has 0 bridgehead atoms. The summed E-state index contributed by atoms with van der Waals surface area (Å²) in [6.45, 7) is 8.89. The van der Waals surface area contributed by atoms with E-state index in [0.29, 0.717) is 0 Å². The maximum atomic E-state index is 12.0. The normalized spacial score (nSPS) is 18.4. The quantitative estimate of drug-likeness (QED) is 0.756. The van der Waals surface area contributed by atoms with Gasteiger partial charge in [-0.15, -0.1) is 0 Å². The number of hydrogen-bond donors (Lipinski definition) is 1. The Morgan fingerprint density at radius 1 is 1.32 bits per heavy atom. The summed E-state index contributed by atoms with van der Waals surface area (Å²) in [7, 11) is -3.41. The third-order valence-electron chi connectivity index (χ3n) is 2.79. The predicted molar refractivity (Wildman–Crippen MR) is 74.1 cm³/mol. The van der Waals surface area contributed by atoms with Crippen molar-refractivity contribution in [2.24, 2.45) is 11.8 Å². The molecule has 0 spiro atoms. The lowest BCUT2D eigenvalue weighted by Crippen LogP contribution is -2.48. The maximum absolute atomic E-state index is 12.0. The van der Waals surface area contributed by atoms with E-state index < -0.39 is 27.6 Å². The molecule has 6 heteroatoms. The van der Waals surface area contributed by atoms with Crippen LogP contribution in [0.25, 0.3) is 0 Å². The Labute approximate surface area is 116 Å². The van der Waals surface area contributed by atoms with Crippen LogP contribution in [-0.2, 0) is 19.6 Å². The summed E-state index contributed by atoms with van der Waals surface area (Å²) in [5.41, 5.74) is -0.619. The number of sulfonamides is 1. The molecule has 0 saturated heterocycles. The van der Waals surface area contributed by atoms with Crippen molar-refractivity contribution in [2.75, 3.05) is 5.75 Å². The summed E-state index contributed by atoms with van der Waals surface area (Å²) >= 11 is 0. The van der Waals surface area contributed by atoms with Gasteiger partial charge in [-0.25, -0.2) is 13.1 Å². The molecule has 0 aliphatic heterocycles. The number of nitrogens with one attached hydrogen (secondary N) is 1. The highest BCUT2D eigenvalue weighted by atomic mass is 32.2. The van der Waals surface area contributed by atoms with Gasteiger partial charge in [0.2, 0.25) is 10.0 Å². The number of rotatable bonds is 6. The lowest BCUT2D eigenvalue weighted by molar-refractivity contribution is -0.158. The van der Waals surface area contributed by atoms with E-state index in [1.54, 1.807) is 34.6 Å². The van der Waals surface area contributed by atoms with Gasteiger partial charge in [-0.2, -0.15) is 0 Å². The van der Waals surface area contributed by atoms with Gasteiger partial charge in [-0.1, -0.05) is 13.8 Å². The highest BCUT2D eigenvalue weighted by Gasteiger charge is 2.34. The molecule has 0 aromatic heterocycles. The molecule has 0 heterocycles. The van der Waals surface area contributed by atoms with Crippen LogP contribution in [0.15, 0.2) is 0 Å². The van der Waals surface area contributed by atoms with Crippen LogP contribution in [0.3, 0.4) is 0 Å². The van der Waals surface area contributed by atoms with Gasteiger partial charge in [0.05, 0.1) is 5.75 Å². The van der Waals surface area contributed by atoms with Gasteiger partial charge in [-0.3, -0.25) is 4.79 Å². The second kappa shape index (κ2) is 5.79. The van der Waals surface area contributed by atoms with Gasteiger partial charge < -0.3 is 4.74 Å². The molecule has 1 rings (SSSR count). The molecule has 1 aliphatic rings. The fourth-order valence-corrected chi connectivity index (χ4v) is 3.46. The summed E-state index contributed by atoms with van der Waals surface area (Å²) in [4.78, 5) is 12.0. The van der Waals surface area contributed by atoms with E-state index in [1.165, 1.54) is 0 Å². The van der Waals surface area contributed by atoms with Gasteiger partial charge >= 0.3 is 5.97 Å². The molecule has 1 fully saturated rings. The van der Waals surface area contributed by atoms with Gasteiger partial charge in [0.25, 0.3) is 0 Å². The van der Waals surface area contributed by atoms with Crippen LogP contribution in [0, 0.1) is 11.8 Å². The molecular formula is C13H25NO4S. The summed E-state index contributed by atoms with van der Waals surface area (Å²) < 4.78 is 31.6. The van der Waals surface area contributed by atoms with Crippen molar-refractivity contribution in [3.05, 3.63) is 0 Å². The molecule has 0 unspecified atom stereocenters. The number of esters is 1. The third kappa shape index (κ3) is 6.38. The zero-order valence-electron chi connectivity index (χ0n) is 12.4. The summed E-state index contributed by atoms with van der Waals surface area (Å²) in [6.07, 6.45) is 1.92. The third-order valence-corrected chi connectivity index (χ3v) is 4.31. The van der Waals surface area contributed by atoms with Crippen molar-refractivity contribution < 1.29 is 17.9 Å². The van der Waals surface area contributed by atoms with Gasteiger partial charge in [0.1, 0.15) is 11.6 Å². The predicted octanol–water partition coefficient (Wildman–Crippen LogP) is 1.68. The van der Waals surface area contributed by atoms with Crippen LogP contribution in [0.5, 0.6) is 0 Å². The first kappa shape index (κ1) is 16.4. The molecule has 0 aromatic carbocycles. The van der Waals surface area contributed by atoms with Crippen LogP contribution in [0.1, 0.15) is 47.5 Å². The second-order valence-corrected chi connectivity index (χ2v) is 8.40. The first-order valence-corrected chi connectivity index (χ1v) is 8.38. The van der Waals surface area contributed by atoms with Gasteiger partial charge in [-0.05, 0) is 45.4 Å². The van der Waals surface area contributed by atoms with E-state index in [9.17, 15) is 13.2 Å². The van der Waals surface area contributed by atoms with Crippen molar-refractivity contribution in [1.82, 2.24) is 4.72 Å². The minimum atomic E-state index is -3.41. The highest BCUT2D eigenvalue weighted by molar-refractivity contribution is 7.89. The monoisotopic (exact) mass is 291 g/mol. The number of ether oxygens (including phenoxy) is 1. The number of carbonyl (C=O) groups excluding carboxylic acids is 1. The highest BCUT2D eigenvalue weighted by Crippen LogP contribution is 2.30. The van der Waals surface area contributed by atoms with E-state index in [4.69, 9.17) is 4.74 Å². The van der Waals surface area contributed by atoms with Crippen molar-refractivity contribution in [3.63, 3.8) is 0 Å². The van der Waals surface area contributed by atoms with Crippen molar-refractivity contribution in [2.45, 2.75) is 59.1 Å². The zero-order chi connectivity index (χ0) is 14.8. The minimum Gasteiger partial charge on any atom is -0.459 e. The first-order valence-electron chi connectivity index (χ1n) is 6.73. The molecule has 0 radical (unpaired) electrons. The largest absolute Gasteiger partial charge is 0.459 e. The Kier molecular flexibility index (Phi) is 5.01. The smallest absolute Gasteiger partial charge is 0.324 e.